The molecule has 124 valence electrons. The van der Waals surface area contributed by atoms with E-state index in [1.807, 2.05) is 36.5 Å². The standard InChI is InChI=1S/C14H15F3N4OS/c1-2-18-12-9-5-3-4-6-10(9)20-13(21-12)23-7-11(22)19-8-14(15,16)17/h3-6H,2,7-8H2,1H3,(H,19,22)(H,18,20,21). The van der Waals surface area contributed by atoms with Gasteiger partial charge in [-0.3, -0.25) is 4.79 Å². The lowest BCUT2D eigenvalue weighted by Gasteiger charge is -2.10. The van der Waals surface area contributed by atoms with Crippen molar-refractivity contribution in [3.05, 3.63) is 24.3 Å². The molecule has 0 atom stereocenters. The predicted molar refractivity (Wildman–Crippen MR) is 83.5 cm³/mol. The van der Waals surface area contributed by atoms with Crippen molar-refractivity contribution in [2.75, 3.05) is 24.2 Å². The van der Waals surface area contributed by atoms with Crippen molar-refractivity contribution < 1.29 is 18.0 Å². The van der Waals surface area contributed by atoms with Gasteiger partial charge in [-0.1, -0.05) is 23.9 Å². The molecule has 9 heteroatoms. The lowest BCUT2D eigenvalue weighted by molar-refractivity contribution is -0.136. The van der Waals surface area contributed by atoms with E-state index in [-0.39, 0.29) is 5.75 Å². The van der Waals surface area contributed by atoms with Crippen LogP contribution >= 0.6 is 11.8 Å². The van der Waals surface area contributed by atoms with E-state index in [0.717, 1.165) is 17.1 Å². The maximum absolute atomic E-state index is 12.0. The maximum atomic E-state index is 12.0. The van der Waals surface area contributed by atoms with Crippen LogP contribution in [0.15, 0.2) is 29.4 Å². The van der Waals surface area contributed by atoms with Crippen LogP contribution in [0.1, 0.15) is 6.92 Å². The smallest absolute Gasteiger partial charge is 0.370 e. The third-order valence-corrected chi connectivity index (χ3v) is 3.59. The molecule has 2 N–H and O–H groups in total. The molecule has 2 aromatic rings. The number of alkyl halides is 3. The molecule has 2 rings (SSSR count). The quantitative estimate of drug-likeness (QED) is 0.623. The zero-order valence-electron chi connectivity index (χ0n) is 12.3. The summed E-state index contributed by atoms with van der Waals surface area (Å²) >= 11 is 0.992. The van der Waals surface area contributed by atoms with Gasteiger partial charge in [0.05, 0.1) is 11.3 Å². The zero-order chi connectivity index (χ0) is 16.9. The number of anilines is 1. The summed E-state index contributed by atoms with van der Waals surface area (Å²) in [4.78, 5) is 20.1. The number of aromatic nitrogens is 2. The minimum atomic E-state index is -4.42. The number of para-hydroxylation sites is 1. The molecule has 0 aliphatic rings. The molecule has 0 aliphatic carbocycles. The summed E-state index contributed by atoms with van der Waals surface area (Å²) in [5, 5.41) is 6.11. The summed E-state index contributed by atoms with van der Waals surface area (Å²) in [6, 6.07) is 7.38. The molecule has 5 nitrogen and oxygen atoms in total. The Hall–Kier alpha value is -2.03. The summed E-state index contributed by atoms with van der Waals surface area (Å²) in [6.45, 7) is 1.25. The Morgan fingerprint density at radius 3 is 2.70 bits per heavy atom. The van der Waals surface area contributed by atoms with E-state index in [9.17, 15) is 18.0 Å². The van der Waals surface area contributed by atoms with Crippen molar-refractivity contribution in [3.63, 3.8) is 0 Å². The van der Waals surface area contributed by atoms with Crippen molar-refractivity contribution in [2.45, 2.75) is 18.3 Å². The average Bonchev–Trinajstić information content (AvgIpc) is 2.50. The number of rotatable bonds is 6. The number of amides is 1. The van der Waals surface area contributed by atoms with Gasteiger partial charge in [0.15, 0.2) is 5.16 Å². The Labute approximate surface area is 135 Å². The molecule has 0 radical (unpaired) electrons. The second-order valence-corrected chi connectivity index (χ2v) is 5.53. The van der Waals surface area contributed by atoms with Crippen molar-refractivity contribution >= 4 is 34.4 Å². The van der Waals surface area contributed by atoms with Crippen LogP contribution in [-0.2, 0) is 4.79 Å². The number of carbonyl (C=O) groups excluding carboxylic acids is 1. The minimum absolute atomic E-state index is 0.181. The lowest BCUT2D eigenvalue weighted by atomic mass is 10.2. The minimum Gasteiger partial charge on any atom is -0.370 e. The molecule has 0 fully saturated rings. The summed E-state index contributed by atoms with van der Waals surface area (Å²) in [5.74, 6) is -0.259. The van der Waals surface area contributed by atoms with Crippen LogP contribution in [0.4, 0.5) is 19.0 Å². The lowest BCUT2D eigenvalue weighted by Crippen LogP contribution is -2.34. The van der Waals surface area contributed by atoms with Crippen LogP contribution in [0.3, 0.4) is 0 Å². The van der Waals surface area contributed by atoms with Gasteiger partial charge in [-0.25, -0.2) is 9.97 Å². The number of hydrogen-bond donors (Lipinski definition) is 2. The van der Waals surface area contributed by atoms with Gasteiger partial charge in [0.2, 0.25) is 5.91 Å². The molecule has 0 saturated carbocycles. The first kappa shape index (κ1) is 17.3. The molecule has 1 aromatic heterocycles. The fraction of sp³-hybridized carbons (Fsp3) is 0.357. The van der Waals surface area contributed by atoms with Gasteiger partial charge >= 0.3 is 6.18 Å². The maximum Gasteiger partial charge on any atom is 0.405 e. The number of fused-ring (bicyclic) bond motifs is 1. The van der Waals surface area contributed by atoms with E-state index in [1.165, 1.54) is 0 Å². The van der Waals surface area contributed by atoms with E-state index >= 15 is 0 Å². The molecule has 0 spiro atoms. The van der Waals surface area contributed by atoms with Crippen LogP contribution in [-0.4, -0.2) is 40.9 Å². The Bertz CT molecular complexity index is 693. The van der Waals surface area contributed by atoms with Crippen LogP contribution in [0.2, 0.25) is 0 Å². The van der Waals surface area contributed by atoms with Gasteiger partial charge < -0.3 is 10.6 Å². The normalized spacial score (nSPS) is 11.5. The molecule has 1 aromatic carbocycles. The molecule has 0 unspecified atom stereocenters. The molecule has 1 amide bonds. The highest BCUT2D eigenvalue weighted by Gasteiger charge is 2.27. The van der Waals surface area contributed by atoms with Crippen LogP contribution < -0.4 is 10.6 Å². The average molecular weight is 344 g/mol. The van der Waals surface area contributed by atoms with Gasteiger partial charge in [-0.15, -0.1) is 0 Å². The Morgan fingerprint density at radius 1 is 1.26 bits per heavy atom. The van der Waals surface area contributed by atoms with E-state index in [0.29, 0.717) is 23.0 Å². The van der Waals surface area contributed by atoms with E-state index in [1.54, 1.807) is 0 Å². The third-order valence-electron chi connectivity index (χ3n) is 2.75. The third kappa shape index (κ3) is 5.27. The molecule has 0 aliphatic heterocycles. The summed E-state index contributed by atoms with van der Waals surface area (Å²) in [6.07, 6.45) is -4.42. The Kier molecular flexibility index (Phi) is 5.64. The first-order valence-corrected chi connectivity index (χ1v) is 7.84. The highest BCUT2D eigenvalue weighted by atomic mass is 32.2. The number of nitrogens with one attached hydrogen (secondary N) is 2. The number of benzene rings is 1. The number of thioether (sulfide) groups is 1. The first-order chi connectivity index (χ1) is 10.9. The predicted octanol–water partition coefficient (Wildman–Crippen LogP) is 2.83. The molecule has 23 heavy (non-hydrogen) atoms. The van der Waals surface area contributed by atoms with E-state index in [2.05, 4.69) is 15.3 Å². The second-order valence-electron chi connectivity index (χ2n) is 4.58. The SMILES string of the molecule is CCNc1nc(SCC(=O)NCC(F)(F)F)nc2ccccc12. The van der Waals surface area contributed by atoms with Crippen LogP contribution in [0.25, 0.3) is 10.9 Å². The topological polar surface area (TPSA) is 66.9 Å². The van der Waals surface area contributed by atoms with Crippen molar-refractivity contribution in [1.82, 2.24) is 15.3 Å². The van der Waals surface area contributed by atoms with Gasteiger partial charge in [0, 0.05) is 11.9 Å². The summed E-state index contributed by atoms with van der Waals surface area (Å²) < 4.78 is 36.1. The van der Waals surface area contributed by atoms with Gasteiger partial charge in [-0.2, -0.15) is 13.2 Å². The molecular weight excluding hydrogens is 329 g/mol. The van der Waals surface area contributed by atoms with E-state index in [4.69, 9.17) is 0 Å². The molecule has 0 saturated heterocycles. The van der Waals surface area contributed by atoms with Gasteiger partial charge in [0.1, 0.15) is 12.4 Å². The van der Waals surface area contributed by atoms with Crippen molar-refractivity contribution in [3.8, 4) is 0 Å². The Balaban J connectivity index is 2.07. The number of halogens is 3. The Morgan fingerprint density at radius 2 is 2.00 bits per heavy atom. The zero-order valence-corrected chi connectivity index (χ0v) is 13.1. The van der Waals surface area contributed by atoms with Crippen molar-refractivity contribution in [2.24, 2.45) is 0 Å². The molecular formula is C14H15F3N4OS. The monoisotopic (exact) mass is 344 g/mol. The van der Waals surface area contributed by atoms with Gasteiger partial charge in [-0.05, 0) is 19.1 Å². The molecule has 0 bridgehead atoms. The van der Waals surface area contributed by atoms with Gasteiger partial charge in [0.25, 0.3) is 0 Å². The number of hydrogen-bond acceptors (Lipinski definition) is 5. The number of carbonyl (C=O) groups is 1. The highest BCUT2D eigenvalue weighted by molar-refractivity contribution is 7.99. The molecule has 1 heterocycles. The fourth-order valence-electron chi connectivity index (χ4n) is 1.80. The van der Waals surface area contributed by atoms with Crippen molar-refractivity contribution in [1.29, 1.82) is 0 Å². The van der Waals surface area contributed by atoms with E-state index < -0.39 is 18.6 Å². The first-order valence-electron chi connectivity index (χ1n) is 6.86. The van der Waals surface area contributed by atoms with Crippen LogP contribution in [0.5, 0.6) is 0 Å². The van der Waals surface area contributed by atoms with Crippen LogP contribution in [0, 0.1) is 0 Å². The highest BCUT2D eigenvalue weighted by Crippen LogP contribution is 2.24. The summed E-state index contributed by atoms with van der Waals surface area (Å²) in [5.41, 5.74) is 0.705. The number of nitrogens with zero attached hydrogens (tertiary/aromatic N) is 2. The largest absolute Gasteiger partial charge is 0.405 e. The fourth-order valence-corrected chi connectivity index (χ4v) is 2.48. The second kappa shape index (κ2) is 7.49. The summed E-state index contributed by atoms with van der Waals surface area (Å²) in [7, 11) is 0.